The lowest BCUT2D eigenvalue weighted by Gasteiger charge is -2.16. The zero-order chi connectivity index (χ0) is 17.3. The first-order valence-electron chi connectivity index (χ1n) is 7.85. The molecule has 0 radical (unpaired) electrons. The zero-order valence-electron chi connectivity index (χ0n) is 13.3. The summed E-state index contributed by atoms with van der Waals surface area (Å²) >= 11 is 0. The maximum atomic E-state index is 13.0. The molecule has 3 rings (SSSR count). The van der Waals surface area contributed by atoms with Gasteiger partial charge in [-0.15, -0.1) is 0 Å². The van der Waals surface area contributed by atoms with Gasteiger partial charge in [0.15, 0.2) is 5.76 Å². The molecule has 126 valence electrons. The fourth-order valence-electron chi connectivity index (χ4n) is 2.84. The molecule has 1 saturated carbocycles. The van der Waals surface area contributed by atoms with E-state index >= 15 is 0 Å². The van der Waals surface area contributed by atoms with E-state index in [9.17, 15) is 14.0 Å². The van der Waals surface area contributed by atoms with Gasteiger partial charge in [0.1, 0.15) is 17.1 Å². The molecule has 1 aliphatic carbocycles. The third kappa shape index (κ3) is 3.04. The summed E-state index contributed by atoms with van der Waals surface area (Å²) in [5.74, 6) is -1.56. The Labute approximate surface area is 138 Å². The number of amides is 1. The molecule has 0 spiro atoms. The third-order valence-corrected chi connectivity index (χ3v) is 4.48. The van der Waals surface area contributed by atoms with E-state index in [1.165, 1.54) is 18.2 Å². The molecule has 1 aromatic heterocycles. The molecule has 1 aromatic carbocycles. The van der Waals surface area contributed by atoms with Gasteiger partial charge in [-0.05, 0) is 30.5 Å². The average molecular weight is 331 g/mol. The monoisotopic (exact) mass is 331 g/mol. The van der Waals surface area contributed by atoms with Gasteiger partial charge < -0.3 is 14.8 Å². The Morgan fingerprint density at radius 1 is 1.29 bits per heavy atom. The predicted octanol–water partition coefficient (Wildman–Crippen LogP) is 3.14. The average Bonchev–Trinajstić information content (AvgIpc) is 3.22. The Morgan fingerprint density at radius 2 is 1.96 bits per heavy atom. The van der Waals surface area contributed by atoms with Crippen LogP contribution in [0.5, 0.6) is 0 Å². The summed E-state index contributed by atoms with van der Waals surface area (Å²) in [6.45, 7) is 2.17. The number of aromatic carboxylic acids is 1. The van der Waals surface area contributed by atoms with Crippen molar-refractivity contribution >= 4 is 11.9 Å². The summed E-state index contributed by atoms with van der Waals surface area (Å²) in [6, 6.07) is 7.55. The molecule has 0 unspecified atom stereocenters. The predicted molar refractivity (Wildman–Crippen MR) is 84.7 cm³/mol. The Bertz CT molecular complexity index is 775. The molecule has 1 fully saturated rings. The van der Waals surface area contributed by atoms with Crippen LogP contribution in [-0.2, 0) is 11.8 Å². The van der Waals surface area contributed by atoms with Gasteiger partial charge in [0.25, 0.3) is 5.91 Å². The number of carbonyl (C=O) groups is 2. The maximum Gasteiger partial charge on any atom is 0.339 e. The third-order valence-electron chi connectivity index (χ3n) is 4.48. The molecule has 5 nitrogen and oxygen atoms in total. The molecule has 1 heterocycles. The number of hydrogen-bond donors (Lipinski definition) is 2. The van der Waals surface area contributed by atoms with Crippen molar-refractivity contribution in [3.05, 3.63) is 58.8 Å². The second-order valence-electron chi connectivity index (χ2n) is 6.08. The SMILES string of the molecule is CCc1oc(C(=O)NCC2(c3ccc(F)cc3)CC2)cc1C(=O)O. The number of nitrogens with one attached hydrogen (secondary N) is 1. The lowest BCUT2D eigenvalue weighted by atomic mass is 9.96. The summed E-state index contributed by atoms with van der Waals surface area (Å²) in [5, 5.41) is 11.9. The van der Waals surface area contributed by atoms with Crippen LogP contribution in [0.2, 0.25) is 0 Å². The maximum absolute atomic E-state index is 13.0. The van der Waals surface area contributed by atoms with E-state index in [-0.39, 0.29) is 28.3 Å². The van der Waals surface area contributed by atoms with Gasteiger partial charge in [0, 0.05) is 24.4 Å². The molecule has 6 heteroatoms. The van der Waals surface area contributed by atoms with Crippen LogP contribution in [0.3, 0.4) is 0 Å². The minimum Gasteiger partial charge on any atom is -0.478 e. The van der Waals surface area contributed by atoms with Crippen molar-refractivity contribution in [2.45, 2.75) is 31.6 Å². The molecule has 1 aliphatic rings. The minimum atomic E-state index is -1.11. The molecule has 2 N–H and O–H groups in total. The van der Waals surface area contributed by atoms with E-state index in [1.807, 2.05) is 0 Å². The van der Waals surface area contributed by atoms with Gasteiger partial charge in [-0.2, -0.15) is 0 Å². The second kappa shape index (κ2) is 6.11. The number of benzene rings is 1. The van der Waals surface area contributed by atoms with Crippen molar-refractivity contribution < 1.29 is 23.5 Å². The number of aryl methyl sites for hydroxylation is 1. The van der Waals surface area contributed by atoms with Crippen LogP contribution in [0.4, 0.5) is 4.39 Å². The summed E-state index contributed by atoms with van der Waals surface area (Å²) in [6.07, 6.45) is 2.23. The van der Waals surface area contributed by atoms with Crippen LogP contribution >= 0.6 is 0 Å². The summed E-state index contributed by atoms with van der Waals surface area (Å²) in [7, 11) is 0. The van der Waals surface area contributed by atoms with Gasteiger partial charge in [-0.25, -0.2) is 9.18 Å². The summed E-state index contributed by atoms with van der Waals surface area (Å²) in [5.41, 5.74) is 0.838. The lowest BCUT2D eigenvalue weighted by molar-refractivity contribution is 0.0694. The highest BCUT2D eigenvalue weighted by atomic mass is 19.1. The molecular weight excluding hydrogens is 313 g/mol. The molecule has 0 aliphatic heterocycles. The Morgan fingerprint density at radius 3 is 2.46 bits per heavy atom. The number of halogens is 1. The van der Waals surface area contributed by atoms with Gasteiger partial charge in [-0.3, -0.25) is 4.79 Å². The van der Waals surface area contributed by atoms with Crippen LogP contribution in [0.25, 0.3) is 0 Å². The van der Waals surface area contributed by atoms with Gasteiger partial charge >= 0.3 is 5.97 Å². The van der Waals surface area contributed by atoms with Crippen molar-refractivity contribution in [1.82, 2.24) is 5.32 Å². The minimum absolute atomic E-state index is 0.000781. The fraction of sp³-hybridized carbons (Fsp3) is 0.333. The largest absolute Gasteiger partial charge is 0.478 e. The highest BCUT2D eigenvalue weighted by molar-refractivity contribution is 5.96. The second-order valence-corrected chi connectivity index (χ2v) is 6.08. The van der Waals surface area contributed by atoms with Gasteiger partial charge in [0.2, 0.25) is 0 Å². The number of furan rings is 1. The molecule has 1 amide bonds. The van der Waals surface area contributed by atoms with E-state index in [0.29, 0.717) is 13.0 Å². The topological polar surface area (TPSA) is 79.5 Å². The molecular formula is C18H18FNO4. The van der Waals surface area contributed by atoms with E-state index < -0.39 is 11.9 Å². The van der Waals surface area contributed by atoms with Crippen LogP contribution < -0.4 is 5.32 Å². The van der Waals surface area contributed by atoms with Gasteiger partial charge in [0.05, 0.1) is 0 Å². The van der Waals surface area contributed by atoms with E-state index in [4.69, 9.17) is 9.52 Å². The number of carbonyl (C=O) groups excluding carboxylic acids is 1. The first-order chi connectivity index (χ1) is 11.4. The number of rotatable bonds is 6. The Hall–Kier alpha value is -2.63. The van der Waals surface area contributed by atoms with Crippen molar-refractivity contribution in [2.24, 2.45) is 0 Å². The smallest absolute Gasteiger partial charge is 0.339 e. The van der Waals surface area contributed by atoms with Crippen molar-refractivity contribution in [3.63, 3.8) is 0 Å². The van der Waals surface area contributed by atoms with E-state index in [0.717, 1.165) is 18.4 Å². The Kier molecular flexibility index (Phi) is 4.13. The van der Waals surface area contributed by atoms with E-state index in [1.54, 1.807) is 19.1 Å². The summed E-state index contributed by atoms with van der Waals surface area (Å²) < 4.78 is 18.4. The van der Waals surface area contributed by atoms with Crippen LogP contribution in [0.15, 0.2) is 34.7 Å². The molecule has 0 atom stereocenters. The lowest BCUT2D eigenvalue weighted by Crippen LogP contribution is -2.32. The number of carboxylic acids is 1. The zero-order valence-corrected chi connectivity index (χ0v) is 13.3. The first kappa shape index (κ1) is 16.2. The fourth-order valence-corrected chi connectivity index (χ4v) is 2.84. The standard InChI is InChI=1S/C18H18FNO4/c1-2-14-13(17(22)23)9-15(24-14)16(21)20-10-18(7-8-18)11-3-5-12(19)6-4-11/h3-6,9H,2,7-8,10H2,1H3,(H,20,21)(H,22,23). The van der Waals surface area contributed by atoms with Crippen molar-refractivity contribution in [3.8, 4) is 0 Å². The van der Waals surface area contributed by atoms with Gasteiger partial charge in [-0.1, -0.05) is 19.1 Å². The van der Waals surface area contributed by atoms with Crippen LogP contribution in [0, 0.1) is 5.82 Å². The van der Waals surface area contributed by atoms with Crippen molar-refractivity contribution in [2.75, 3.05) is 6.54 Å². The number of carboxylic acid groups (broad SMARTS) is 1. The van der Waals surface area contributed by atoms with Crippen molar-refractivity contribution in [1.29, 1.82) is 0 Å². The molecule has 2 aromatic rings. The van der Waals surface area contributed by atoms with Crippen LogP contribution in [-0.4, -0.2) is 23.5 Å². The molecule has 0 bridgehead atoms. The number of hydrogen-bond acceptors (Lipinski definition) is 3. The normalized spacial score (nSPS) is 15.1. The van der Waals surface area contributed by atoms with Crippen LogP contribution in [0.1, 0.15) is 52.0 Å². The quantitative estimate of drug-likeness (QED) is 0.852. The first-order valence-corrected chi connectivity index (χ1v) is 7.85. The highest BCUT2D eigenvalue weighted by Crippen LogP contribution is 2.47. The molecule has 24 heavy (non-hydrogen) atoms. The highest BCUT2D eigenvalue weighted by Gasteiger charge is 2.44. The Balaban J connectivity index is 1.70. The van der Waals surface area contributed by atoms with E-state index in [2.05, 4.69) is 5.32 Å². The summed E-state index contributed by atoms with van der Waals surface area (Å²) in [4.78, 5) is 23.4. The molecule has 0 saturated heterocycles.